The lowest BCUT2D eigenvalue weighted by Gasteiger charge is -2.13. The highest BCUT2D eigenvalue weighted by molar-refractivity contribution is 6.11. The highest BCUT2D eigenvalue weighted by Gasteiger charge is 2.11. The summed E-state index contributed by atoms with van der Waals surface area (Å²) < 4.78 is 0. The molecule has 0 saturated carbocycles. The molecule has 1 heterocycles. The first-order valence-corrected chi connectivity index (χ1v) is 11.5. The molecule has 6 heteroatoms. The molecule has 4 aromatic carbocycles. The number of imidazole rings is 1. The number of fused-ring (bicyclic) bond motifs is 1. The number of aliphatic imine (C=N–C) groups is 1. The van der Waals surface area contributed by atoms with E-state index in [1.54, 1.807) is 12.5 Å². The van der Waals surface area contributed by atoms with Gasteiger partial charge in [0.1, 0.15) is 0 Å². The Balaban J connectivity index is 1.34. The van der Waals surface area contributed by atoms with Crippen molar-refractivity contribution in [1.82, 2.24) is 15.3 Å². The SMILES string of the molecule is O=C(NC(=NCCc1cnc[nH]1)Nc1ccc(-c2ccccc2)cc1)c1ccc2ccccc2c1. The van der Waals surface area contributed by atoms with Gasteiger partial charge >= 0.3 is 0 Å². The van der Waals surface area contributed by atoms with Crippen LogP contribution in [-0.2, 0) is 6.42 Å². The summed E-state index contributed by atoms with van der Waals surface area (Å²) in [5.74, 6) is 0.180. The van der Waals surface area contributed by atoms with Crippen molar-refractivity contribution in [2.45, 2.75) is 6.42 Å². The Hall–Kier alpha value is -4.71. The van der Waals surface area contributed by atoms with E-state index in [1.807, 2.05) is 84.9 Å². The van der Waals surface area contributed by atoms with Gasteiger partial charge in [0.2, 0.25) is 5.96 Å². The molecule has 5 rings (SSSR count). The Morgan fingerprint density at radius 1 is 0.829 bits per heavy atom. The predicted octanol–water partition coefficient (Wildman–Crippen LogP) is 5.67. The lowest BCUT2D eigenvalue weighted by atomic mass is 10.1. The maximum absolute atomic E-state index is 13.1. The lowest BCUT2D eigenvalue weighted by Crippen LogP contribution is -2.36. The zero-order valence-electron chi connectivity index (χ0n) is 19.1. The molecule has 35 heavy (non-hydrogen) atoms. The van der Waals surface area contributed by atoms with Crippen molar-refractivity contribution in [3.63, 3.8) is 0 Å². The van der Waals surface area contributed by atoms with Crippen LogP contribution in [0.15, 0.2) is 115 Å². The van der Waals surface area contributed by atoms with Gasteiger partial charge in [-0.25, -0.2) is 4.98 Å². The Morgan fingerprint density at radius 2 is 1.57 bits per heavy atom. The Labute approximate surface area is 203 Å². The maximum atomic E-state index is 13.1. The summed E-state index contributed by atoms with van der Waals surface area (Å²) in [6.45, 7) is 0.491. The van der Waals surface area contributed by atoms with E-state index >= 15 is 0 Å². The third-order valence-corrected chi connectivity index (χ3v) is 5.70. The van der Waals surface area contributed by atoms with Crippen LogP contribution in [0.1, 0.15) is 16.1 Å². The zero-order valence-corrected chi connectivity index (χ0v) is 19.1. The quantitative estimate of drug-likeness (QED) is 0.226. The molecule has 1 aromatic heterocycles. The van der Waals surface area contributed by atoms with Crippen LogP contribution in [0.2, 0.25) is 0 Å². The van der Waals surface area contributed by atoms with E-state index in [2.05, 4.69) is 37.7 Å². The number of hydrogen-bond donors (Lipinski definition) is 3. The average molecular weight is 460 g/mol. The number of aromatic nitrogens is 2. The largest absolute Gasteiger partial charge is 0.348 e. The minimum Gasteiger partial charge on any atom is -0.348 e. The number of nitrogens with zero attached hydrogens (tertiary/aromatic N) is 2. The summed E-state index contributed by atoms with van der Waals surface area (Å²) >= 11 is 0. The van der Waals surface area contributed by atoms with Crippen molar-refractivity contribution >= 4 is 28.3 Å². The van der Waals surface area contributed by atoms with Gasteiger partial charge in [-0.3, -0.25) is 15.1 Å². The number of aromatic amines is 1. The van der Waals surface area contributed by atoms with Crippen LogP contribution in [0.25, 0.3) is 21.9 Å². The minimum atomic E-state index is -0.218. The van der Waals surface area contributed by atoms with Gasteiger partial charge in [-0.1, -0.05) is 72.8 Å². The third kappa shape index (κ3) is 5.62. The first kappa shape index (κ1) is 22.1. The first-order chi connectivity index (χ1) is 17.2. The number of carbonyl (C=O) groups is 1. The van der Waals surface area contributed by atoms with Crippen LogP contribution in [0.3, 0.4) is 0 Å². The molecule has 0 fully saturated rings. The zero-order chi connectivity index (χ0) is 23.9. The van der Waals surface area contributed by atoms with Gasteiger partial charge < -0.3 is 10.3 Å². The van der Waals surface area contributed by atoms with Crippen LogP contribution in [0.4, 0.5) is 5.69 Å². The first-order valence-electron chi connectivity index (χ1n) is 11.5. The summed E-state index contributed by atoms with van der Waals surface area (Å²) in [4.78, 5) is 24.8. The molecule has 172 valence electrons. The van der Waals surface area contributed by atoms with Gasteiger partial charge in [-0.05, 0) is 46.2 Å². The normalized spacial score (nSPS) is 11.4. The number of hydrogen-bond acceptors (Lipinski definition) is 3. The second kappa shape index (κ2) is 10.5. The predicted molar refractivity (Wildman–Crippen MR) is 142 cm³/mol. The Bertz CT molecular complexity index is 1440. The number of carbonyl (C=O) groups excluding carboxylic acids is 1. The average Bonchev–Trinajstić information content (AvgIpc) is 3.43. The van der Waals surface area contributed by atoms with Gasteiger partial charge in [-0.15, -0.1) is 0 Å². The fourth-order valence-corrected chi connectivity index (χ4v) is 3.84. The number of rotatable bonds is 6. The molecule has 6 nitrogen and oxygen atoms in total. The summed E-state index contributed by atoms with van der Waals surface area (Å²) in [6, 6.07) is 31.9. The number of anilines is 1. The maximum Gasteiger partial charge on any atom is 0.257 e. The van der Waals surface area contributed by atoms with Crippen LogP contribution in [0, 0.1) is 0 Å². The Morgan fingerprint density at radius 3 is 2.34 bits per heavy atom. The molecular formula is C29H25N5O. The minimum absolute atomic E-state index is 0.218. The monoisotopic (exact) mass is 459 g/mol. The number of H-pyrrole nitrogens is 1. The molecule has 3 N–H and O–H groups in total. The van der Waals surface area contributed by atoms with Crippen LogP contribution < -0.4 is 10.6 Å². The molecule has 0 atom stereocenters. The van der Waals surface area contributed by atoms with E-state index in [4.69, 9.17) is 0 Å². The topological polar surface area (TPSA) is 82.2 Å². The lowest BCUT2D eigenvalue weighted by molar-refractivity contribution is 0.0977. The van der Waals surface area contributed by atoms with Crippen molar-refractivity contribution < 1.29 is 4.79 Å². The van der Waals surface area contributed by atoms with Crippen molar-refractivity contribution in [2.24, 2.45) is 4.99 Å². The standard InChI is InChI=1S/C29H25N5O/c35-28(25-11-10-22-8-4-5-9-24(22)18-25)34-29(31-17-16-27-19-30-20-32-27)33-26-14-12-23(13-15-26)21-6-2-1-3-7-21/h1-15,18-20H,16-17H2,(H,30,32)(H2,31,33,34,35). The van der Waals surface area contributed by atoms with E-state index in [0.29, 0.717) is 24.5 Å². The van der Waals surface area contributed by atoms with E-state index in [-0.39, 0.29) is 5.91 Å². The number of guanidine groups is 1. The molecule has 0 aliphatic rings. The van der Waals surface area contributed by atoms with Gasteiger partial charge in [0.05, 0.1) is 6.33 Å². The van der Waals surface area contributed by atoms with Gasteiger partial charge in [0.15, 0.2) is 0 Å². The number of nitrogens with one attached hydrogen (secondary N) is 3. The van der Waals surface area contributed by atoms with Crippen LogP contribution >= 0.6 is 0 Å². The second-order valence-corrected chi connectivity index (χ2v) is 8.14. The summed E-state index contributed by atoms with van der Waals surface area (Å²) in [6.07, 6.45) is 4.11. The van der Waals surface area contributed by atoms with Gasteiger partial charge in [0.25, 0.3) is 5.91 Å². The van der Waals surface area contributed by atoms with Gasteiger partial charge in [0, 0.05) is 36.1 Å². The molecule has 0 unspecified atom stereocenters. The number of benzene rings is 4. The second-order valence-electron chi connectivity index (χ2n) is 8.14. The molecule has 5 aromatic rings. The van der Waals surface area contributed by atoms with Crippen molar-refractivity contribution in [3.8, 4) is 11.1 Å². The molecule has 0 aliphatic carbocycles. The summed E-state index contributed by atoms with van der Waals surface area (Å²) in [5, 5.41) is 8.32. The third-order valence-electron chi connectivity index (χ3n) is 5.70. The Kier molecular flexibility index (Phi) is 6.62. The number of amides is 1. The van der Waals surface area contributed by atoms with E-state index in [9.17, 15) is 4.79 Å². The van der Waals surface area contributed by atoms with Crippen LogP contribution in [-0.4, -0.2) is 28.4 Å². The molecule has 1 amide bonds. The molecule has 0 spiro atoms. The molecule has 0 aliphatic heterocycles. The molecule has 0 bridgehead atoms. The van der Waals surface area contributed by atoms with E-state index in [0.717, 1.165) is 33.3 Å². The van der Waals surface area contributed by atoms with Crippen molar-refractivity contribution in [1.29, 1.82) is 0 Å². The van der Waals surface area contributed by atoms with Crippen LogP contribution in [0.5, 0.6) is 0 Å². The molecule has 0 saturated heterocycles. The smallest absolute Gasteiger partial charge is 0.257 e. The highest BCUT2D eigenvalue weighted by atomic mass is 16.1. The van der Waals surface area contributed by atoms with E-state index < -0.39 is 0 Å². The fraction of sp³-hybridized carbons (Fsp3) is 0.0690. The fourth-order valence-electron chi connectivity index (χ4n) is 3.84. The summed E-state index contributed by atoms with van der Waals surface area (Å²) in [7, 11) is 0. The summed E-state index contributed by atoms with van der Waals surface area (Å²) in [5.41, 5.74) is 4.67. The molecular weight excluding hydrogens is 434 g/mol. The van der Waals surface area contributed by atoms with E-state index in [1.165, 1.54) is 0 Å². The van der Waals surface area contributed by atoms with Crippen molar-refractivity contribution in [3.05, 3.63) is 121 Å². The molecule has 0 radical (unpaired) electrons. The van der Waals surface area contributed by atoms with Crippen molar-refractivity contribution in [2.75, 3.05) is 11.9 Å². The highest BCUT2D eigenvalue weighted by Crippen LogP contribution is 2.21. The van der Waals surface area contributed by atoms with Gasteiger partial charge in [-0.2, -0.15) is 0 Å².